The number of carbonyl (C=O) groups excluding carboxylic acids is 1. The van der Waals surface area contributed by atoms with Gasteiger partial charge in [-0.3, -0.25) is 4.79 Å². The van der Waals surface area contributed by atoms with Gasteiger partial charge in [-0.15, -0.1) is 0 Å². The molecule has 1 amide bonds. The molecule has 0 fully saturated rings. The summed E-state index contributed by atoms with van der Waals surface area (Å²) in [5, 5.41) is 5.16. The average Bonchev–Trinajstić information content (AvgIpc) is 3.46. The molecule has 1 N–H and O–H groups in total. The lowest BCUT2D eigenvalue weighted by Crippen LogP contribution is -2.39. The number of nitrogens with zero attached hydrogens (tertiary/aromatic N) is 3. The van der Waals surface area contributed by atoms with Crippen molar-refractivity contribution in [1.82, 2.24) is 15.1 Å². The fraction of sp³-hybridized carbons (Fsp3) is 0.346. The number of hydrogen-bond donors (Lipinski definition) is 1. The molecule has 0 aliphatic heterocycles. The standard InChI is InChI=1S/C26H30N4O3/c1-17(2)15-18(3)30(21-7-10-23-20(16-21)13-14-27-23)25(31)12-11-24-28-26(29-33-24)19-5-8-22(32-4)9-6-19/h5-10,13-14,16-18,27H,11-12,15H2,1-4H3. The summed E-state index contributed by atoms with van der Waals surface area (Å²) < 4.78 is 10.6. The molecule has 2 aromatic heterocycles. The van der Waals surface area contributed by atoms with Crippen LogP contribution in [0.1, 0.15) is 39.5 Å². The lowest BCUT2D eigenvalue weighted by atomic mass is 10.0. The van der Waals surface area contributed by atoms with Crippen LogP contribution in [0.25, 0.3) is 22.3 Å². The van der Waals surface area contributed by atoms with Crippen LogP contribution >= 0.6 is 0 Å². The number of ether oxygens (including phenoxy) is 1. The molecule has 1 atom stereocenters. The summed E-state index contributed by atoms with van der Waals surface area (Å²) in [5.74, 6) is 2.24. The van der Waals surface area contributed by atoms with E-state index in [9.17, 15) is 4.79 Å². The van der Waals surface area contributed by atoms with Crippen LogP contribution in [0.2, 0.25) is 0 Å². The van der Waals surface area contributed by atoms with E-state index in [4.69, 9.17) is 9.26 Å². The van der Waals surface area contributed by atoms with Crippen molar-refractivity contribution in [3.05, 3.63) is 60.6 Å². The molecular formula is C26H30N4O3. The first kappa shape index (κ1) is 22.6. The van der Waals surface area contributed by atoms with E-state index in [1.807, 2.05) is 53.6 Å². The van der Waals surface area contributed by atoms with E-state index in [1.165, 1.54) is 0 Å². The van der Waals surface area contributed by atoms with Crippen LogP contribution in [0.4, 0.5) is 5.69 Å². The Kier molecular flexibility index (Phi) is 6.77. The zero-order chi connectivity index (χ0) is 23.4. The molecule has 7 nitrogen and oxygen atoms in total. The van der Waals surface area contributed by atoms with Crippen LogP contribution in [0.5, 0.6) is 5.75 Å². The molecule has 2 aromatic carbocycles. The highest BCUT2D eigenvalue weighted by Crippen LogP contribution is 2.27. The molecule has 0 saturated heterocycles. The van der Waals surface area contributed by atoms with Crippen molar-refractivity contribution >= 4 is 22.5 Å². The van der Waals surface area contributed by atoms with Crippen molar-refractivity contribution in [2.24, 2.45) is 5.92 Å². The molecule has 0 radical (unpaired) electrons. The normalized spacial score (nSPS) is 12.3. The van der Waals surface area contributed by atoms with E-state index in [2.05, 4.69) is 42.0 Å². The Morgan fingerprint density at radius 1 is 1.12 bits per heavy atom. The lowest BCUT2D eigenvalue weighted by Gasteiger charge is -2.30. The second-order valence-electron chi connectivity index (χ2n) is 8.73. The monoisotopic (exact) mass is 446 g/mol. The van der Waals surface area contributed by atoms with Gasteiger partial charge in [-0.1, -0.05) is 19.0 Å². The minimum Gasteiger partial charge on any atom is -0.497 e. The Morgan fingerprint density at radius 3 is 2.64 bits per heavy atom. The maximum atomic E-state index is 13.4. The SMILES string of the molecule is COc1ccc(-c2noc(CCC(=O)N(c3ccc4[nH]ccc4c3)C(C)CC(C)C)n2)cc1. The maximum Gasteiger partial charge on any atom is 0.227 e. The van der Waals surface area contributed by atoms with Crippen LogP contribution in [-0.2, 0) is 11.2 Å². The molecule has 0 bridgehead atoms. The third kappa shape index (κ3) is 5.25. The van der Waals surface area contributed by atoms with Crippen LogP contribution in [0, 0.1) is 5.92 Å². The number of hydrogen-bond acceptors (Lipinski definition) is 5. The number of aromatic nitrogens is 3. The number of fused-ring (bicyclic) bond motifs is 1. The minimum absolute atomic E-state index is 0.0437. The van der Waals surface area contributed by atoms with Crippen molar-refractivity contribution in [1.29, 1.82) is 0 Å². The Balaban J connectivity index is 1.49. The van der Waals surface area contributed by atoms with Gasteiger partial charge in [0.15, 0.2) is 0 Å². The molecule has 2 heterocycles. The molecule has 33 heavy (non-hydrogen) atoms. The van der Waals surface area contributed by atoms with Crippen LogP contribution < -0.4 is 9.64 Å². The number of nitrogens with one attached hydrogen (secondary N) is 1. The topological polar surface area (TPSA) is 84.3 Å². The average molecular weight is 447 g/mol. The van der Waals surface area contributed by atoms with Crippen molar-refractivity contribution in [3.8, 4) is 17.1 Å². The summed E-state index contributed by atoms with van der Waals surface area (Å²) in [6.07, 6.45) is 3.50. The second kappa shape index (κ2) is 9.90. The summed E-state index contributed by atoms with van der Waals surface area (Å²) in [7, 11) is 1.63. The van der Waals surface area contributed by atoms with Gasteiger partial charge in [-0.25, -0.2) is 0 Å². The first-order chi connectivity index (χ1) is 15.9. The highest BCUT2D eigenvalue weighted by molar-refractivity contribution is 5.96. The van der Waals surface area contributed by atoms with E-state index < -0.39 is 0 Å². The quantitative estimate of drug-likeness (QED) is 0.360. The van der Waals surface area contributed by atoms with E-state index in [1.54, 1.807) is 7.11 Å². The second-order valence-corrected chi connectivity index (χ2v) is 8.73. The molecule has 172 valence electrons. The minimum atomic E-state index is 0.0437. The highest BCUT2D eigenvalue weighted by Gasteiger charge is 2.24. The van der Waals surface area contributed by atoms with Crippen molar-refractivity contribution in [3.63, 3.8) is 0 Å². The molecule has 4 rings (SSSR count). The predicted octanol–water partition coefficient (Wildman–Crippen LogP) is 5.63. The molecule has 0 aliphatic carbocycles. The van der Waals surface area contributed by atoms with Crippen LogP contribution in [-0.4, -0.2) is 34.2 Å². The Bertz CT molecular complexity index is 1210. The zero-order valence-electron chi connectivity index (χ0n) is 19.5. The fourth-order valence-corrected chi connectivity index (χ4v) is 4.17. The van der Waals surface area contributed by atoms with Crippen LogP contribution in [0.3, 0.4) is 0 Å². The van der Waals surface area contributed by atoms with E-state index in [0.717, 1.165) is 34.3 Å². The van der Waals surface area contributed by atoms with Gasteiger partial charge in [0.1, 0.15) is 5.75 Å². The molecule has 1 unspecified atom stereocenters. The first-order valence-electron chi connectivity index (χ1n) is 11.3. The fourth-order valence-electron chi connectivity index (χ4n) is 4.17. The van der Waals surface area contributed by atoms with Gasteiger partial charge in [-0.2, -0.15) is 4.98 Å². The Labute approximate surface area is 193 Å². The highest BCUT2D eigenvalue weighted by atomic mass is 16.5. The lowest BCUT2D eigenvalue weighted by molar-refractivity contribution is -0.119. The summed E-state index contributed by atoms with van der Waals surface area (Å²) in [4.78, 5) is 23.0. The summed E-state index contributed by atoms with van der Waals surface area (Å²) in [6.45, 7) is 6.45. The van der Waals surface area contributed by atoms with E-state index >= 15 is 0 Å². The van der Waals surface area contributed by atoms with Gasteiger partial charge >= 0.3 is 0 Å². The summed E-state index contributed by atoms with van der Waals surface area (Å²) in [6, 6.07) is 15.6. The summed E-state index contributed by atoms with van der Waals surface area (Å²) in [5.41, 5.74) is 2.80. The number of methoxy groups -OCH3 is 1. The number of aromatic amines is 1. The first-order valence-corrected chi connectivity index (χ1v) is 11.3. The molecule has 0 spiro atoms. The van der Waals surface area contributed by atoms with Gasteiger partial charge in [0.25, 0.3) is 0 Å². The van der Waals surface area contributed by atoms with E-state index in [-0.39, 0.29) is 18.4 Å². The Hall–Kier alpha value is -3.61. The van der Waals surface area contributed by atoms with E-state index in [0.29, 0.717) is 24.1 Å². The number of benzene rings is 2. The number of amides is 1. The predicted molar refractivity (Wildman–Crippen MR) is 129 cm³/mol. The van der Waals surface area contributed by atoms with Gasteiger partial charge in [-0.05, 0) is 67.8 Å². The number of rotatable bonds is 9. The van der Waals surface area contributed by atoms with Gasteiger partial charge < -0.3 is 19.1 Å². The molecule has 0 aliphatic rings. The molecule has 7 heteroatoms. The molecule has 0 saturated carbocycles. The number of aryl methyl sites for hydroxylation is 1. The smallest absolute Gasteiger partial charge is 0.227 e. The number of carbonyl (C=O) groups is 1. The number of H-pyrrole nitrogens is 1. The largest absolute Gasteiger partial charge is 0.497 e. The molecular weight excluding hydrogens is 416 g/mol. The third-order valence-electron chi connectivity index (χ3n) is 5.71. The number of anilines is 1. The van der Waals surface area contributed by atoms with Gasteiger partial charge in [0.2, 0.25) is 17.6 Å². The maximum absolute atomic E-state index is 13.4. The zero-order valence-corrected chi connectivity index (χ0v) is 19.5. The van der Waals surface area contributed by atoms with Crippen molar-refractivity contribution in [2.45, 2.75) is 46.1 Å². The van der Waals surface area contributed by atoms with Crippen LogP contribution in [0.15, 0.2) is 59.3 Å². The van der Waals surface area contributed by atoms with Crippen molar-refractivity contribution in [2.75, 3.05) is 12.0 Å². The van der Waals surface area contributed by atoms with Crippen molar-refractivity contribution < 1.29 is 14.1 Å². The van der Waals surface area contributed by atoms with Gasteiger partial charge in [0.05, 0.1) is 7.11 Å². The molecule has 4 aromatic rings. The summed E-state index contributed by atoms with van der Waals surface area (Å²) >= 11 is 0. The van der Waals surface area contributed by atoms with Gasteiger partial charge in [0, 0.05) is 47.2 Å². The third-order valence-corrected chi connectivity index (χ3v) is 5.71. The Morgan fingerprint density at radius 2 is 1.91 bits per heavy atom.